The Morgan fingerprint density at radius 1 is 1.00 bits per heavy atom. The Balaban J connectivity index is 3.29. The van der Waals surface area contributed by atoms with E-state index in [0.29, 0.717) is 0 Å². The molecule has 0 fully saturated rings. The van der Waals surface area contributed by atoms with Gasteiger partial charge in [-0.15, -0.1) is 0 Å². The second-order valence-electron chi connectivity index (χ2n) is 5.48. The maximum absolute atomic E-state index is 2.39. The van der Waals surface area contributed by atoms with Crippen LogP contribution >= 0.6 is 7.92 Å². The standard InChI is InChI=1S/C15H26NP/c1-11(2)17(12(3)4)15-10-13(5)8-9-14(15)16(6)7/h8-12H,1-7H3. The normalized spacial score (nSPS) is 11.6. The van der Waals surface area contributed by atoms with Gasteiger partial charge in [-0.1, -0.05) is 47.2 Å². The molecule has 0 atom stereocenters. The Morgan fingerprint density at radius 2 is 1.53 bits per heavy atom. The van der Waals surface area contributed by atoms with Crippen molar-refractivity contribution in [2.75, 3.05) is 19.0 Å². The maximum atomic E-state index is 2.39. The van der Waals surface area contributed by atoms with Crippen LogP contribution < -0.4 is 10.2 Å². The summed E-state index contributed by atoms with van der Waals surface area (Å²) in [7, 11) is 4.20. The second-order valence-corrected chi connectivity index (χ2v) is 8.84. The average Bonchev–Trinajstić information content (AvgIpc) is 2.15. The molecule has 0 aliphatic carbocycles. The second kappa shape index (κ2) is 5.87. The zero-order chi connectivity index (χ0) is 13.2. The smallest absolute Gasteiger partial charge is 0.0439 e. The zero-order valence-corrected chi connectivity index (χ0v) is 13.2. The molecule has 0 N–H and O–H groups in total. The van der Waals surface area contributed by atoms with Crippen LogP contribution in [-0.4, -0.2) is 25.4 Å². The lowest BCUT2D eigenvalue weighted by atomic mass is 10.2. The van der Waals surface area contributed by atoms with Crippen LogP contribution in [-0.2, 0) is 0 Å². The first kappa shape index (κ1) is 14.5. The van der Waals surface area contributed by atoms with E-state index in [2.05, 4.69) is 71.8 Å². The fraction of sp³-hybridized carbons (Fsp3) is 0.600. The molecule has 1 aromatic carbocycles. The third-order valence-corrected chi connectivity index (χ3v) is 6.14. The van der Waals surface area contributed by atoms with Gasteiger partial charge >= 0.3 is 0 Å². The van der Waals surface area contributed by atoms with Crippen LogP contribution in [0.1, 0.15) is 33.3 Å². The topological polar surface area (TPSA) is 3.24 Å². The van der Waals surface area contributed by atoms with Gasteiger partial charge < -0.3 is 4.90 Å². The summed E-state index contributed by atoms with van der Waals surface area (Å²) in [6.45, 7) is 11.6. The third kappa shape index (κ3) is 3.45. The predicted octanol–water partition coefficient (Wildman–Crippen LogP) is 3.99. The van der Waals surface area contributed by atoms with Gasteiger partial charge in [0.2, 0.25) is 0 Å². The highest BCUT2D eigenvalue weighted by molar-refractivity contribution is 7.67. The van der Waals surface area contributed by atoms with Crippen molar-refractivity contribution in [1.82, 2.24) is 0 Å². The van der Waals surface area contributed by atoms with Crippen LogP contribution in [0.3, 0.4) is 0 Å². The number of hydrogen-bond donors (Lipinski definition) is 0. The van der Waals surface area contributed by atoms with E-state index in [-0.39, 0.29) is 7.92 Å². The van der Waals surface area contributed by atoms with Gasteiger partial charge in [0.15, 0.2) is 0 Å². The van der Waals surface area contributed by atoms with Gasteiger partial charge in [-0.25, -0.2) is 0 Å². The number of rotatable bonds is 4. The molecule has 0 aliphatic rings. The zero-order valence-electron chi connectivity index (χ0n) is 12.3. The van der Waals surface area contributed by atoms with Crippen LogP contribution in [0, 0.1) is 6.92 Å². The number of benzene rings is 1. The maximum Gasteiger partial charge on any atom is 0.0439 e. The highest BCUT2D eigenvalue weighted by Gasteiger charge is 2.22. The summed E-state index contributed by atoms with van der Waals surface area (Å²) in [5, 5.41) is 1.56. The summed E-state index contributed by atoms with van der Waals surface area (Å²) in [6, 6.07) is 6.87. The van der Waals surface area contributed by atoms with E-state index >= 15 is 0 Å². The summed E-state index contributed by atoms with van der Waals surface area (Å²) < 4.78 is 0. The molecule has 0 amide bonds. The van der Waals surface area contributed by atoms with Crippen molar-refractivity contribution in [3.05, 3.63) is 23.8 Å². The van der Waals surface area contributed by atoms with Crippen molar-refractivity contribution in [2.24, 2.45) is 0 Å². The summed E-state index contributed by atoms with van der Waals surface area (Å²) in [5.74, 6) is 0. The Labute approximate surface area is 108 Å². The van der Waals surface area contributed by atoms with E-state index in [9.17, 15) is 0 Å². The molecule has 0 saturated heterocycles. The first-order valence-corrected chi connectivity index (χ1v) is 7.89. The first-order chi connectivity index (χ1) is 7.84. The van der Waals surface area contributed by atoms with Crippen LogP contribution in [0.5, 0.6) is 0 Å². The molecular weight excluding hydrogens is 225 g/mol. The fourth-order valence-corrected chi connectivity index (χ4v) is 5.57. The third-order valence-electron chi connectivity index (χ3n) is 3.00. The van der Waals surface area contributed by atoms with E-state index in [4.69, 9.17) is 0 Å². The molecule has 1 aromatic rings. The molecule has 0 bridgehead atoms. The van der Waals surface area contributed by atoms with Gasteiger partial charge in [0.1, 0.15) is 0 Å². The summed E-state index contributed by atoms with van der Waals surface area (Å²) in [5.41, 5.74) is 4.25. The lowest BCUT2D eigenvalue weighted by Crippen LogP contribution is -2.23. The van der Waals surface area contributed by atoms with E-state index < -0.39 is 0 Å². The van der Waals surface area contributed by atoms with Gasteiger partial charge in [0.05, 0.1) is 0 Å². The molecular formula is C15H26NP. The largest absolute Gasteiger partial charge is 0.377 e. The minimum Gasteiger partial charge on any atom is -0.377 e. The molecule has 0 unspecified atom stereocenters. The molecule has 2 heteroatoms. The van der Waals surface area contributed by atoms with E-state index in [0.717, 1.165) is 11.3 Å². The number of nitrogens with zero attached hydrogens (tertiary/aromatic N) is 1. The predicted molar refractivity (Wildman–Crippen MR) is 82.3 cm³/mol. The van der Waals surface area contributed by atoms with Crippen LogP contribution in [0.15, 0.2) is 18.2 Å². The molecule has 96 valence electrons. The van der Waals surface area contributed by atoms with Gasteiger partial charge in [0.25, 0.3) is 0 Å². The van der Waals surface area contributed by atoms with Crippen molar-refractivity contribution < 1.29 is 0 Å². The molecule has 0 aromatic heterocycles. The van der Waals surface area contributed by atoms with Crippen molar-refractivity contribution in [2.45, 2.75) is 45.9 Å². The highest BCUT2D eigenvalue weighted by atomic mass is 31.1. The Kier molecular flexibility index (Phi) is 5.01. The van der Waals surface area contributed by atoms with Crippen LogP contribution in [0.4, 0.5) is 5.69 Å². The molecule has 0 aliphatic heterocycles. The SMILES string of the molecule is Cc1ccc(N(C)C)c(P(C(C)C)C(C)C)c1. The Hall–Kier alpha value is -0.550. The van der Waals surface area contributed by atoms with Crippen molar-refractivity contribution in [3.63, 3.8) is 0 Å². The number of aryl methyl sites for hydroxylation is 1. The summed E-state index contributed by atoms with van der Waals surface area (Å²) >= 11 is 0. The number of anilines is 1. The quantitative estimate of drug-likeness (QED) is 0.731. The molecule has 1 nitrogen and oxygen atoms in total. The molecule has 0 radical (unpaired) electrons. The van der Waals surface area contributed by atoms with Crippen molar-refractivity contribution >= 4 is 18.9 Å². The number of hydrogen-bond acceptors (Lipinski definition) is 1. The molecule has 1 rings (SSSR count). The minimum atomic E-state index is -0.0849. The molecule has 17 heavy (non-hydrogen) atoms. The first-order valence-electron chi connectivity index (χ1n) is 6.41. The highest BCUT2D eigenvalue weighted by Crippen LogP contribution is 2.47. The average molecular weight is 251 g/mol. The Bertz CT molecular complexity index is 361. The Morgan fingerprint density at radius 3 is 1.94 bits per heavy atom. The lowest BCUT2D eigenvalue weighted by Gasteiger charge is -2.30. The molecule has 0 spiro atoms. The van der Waals surface area contributed by atoms with Gasteiger partial charge in [-0.3, -0.25) is 0 Å². The summed E-state index contributed by atoms with van der Waals surface area (Å²) in [4.78, 5) is 2.24. The van der Waals surface area contributed by atoms with E-state index in [1.54, 1.807) is 5.30 Å². The van der Waals surface area contributed by atoms with Crippen molar-refractivity contribution in [1.29, 1.82) is 0 Å². The minimum absolute atomic E-state index is 0.0849. The van der Waals surface area contributed by atoms with E-state index in [1.807, 2.05) is 0 Å². The van der Waals surface area contributed by atoms with Crippen LogP contribution in [0.25, 0.3) is 0 Å². The van der Waals surface area contributed by atoms with E-state index in [1.165, 1.54) is 11.3 Å². The lowest BCUT2D eigenvalue weighted by molar-refractivity contribution is 1.02. The van der Waals surface area contributed by atoms with Crippen LogP contribution in [0.2, 0.25) is 0 Å². The fourth-order valence-electron chi connectivity index (χ4n) is 2.37. The van der Waals surface area contributed by atoms with Gasteiger partial charge in [-0.2, -0.15) is 0 Å². The van der Waals surface area contributed by atoms with Gasteiger partial charge in [-0.05, 0) is 35.7 Å². The molecule has 0 heterocycles. The summed E-state index contributed by atoms with van der Waals surface area (Å²) in [6.07, 6.45) is 0. The molecule has 0 saturated carbocycles. The van der Waals surface area contributed by atoms with Gasteiger partial charge in [0, 0.05) is 19.8 Å². The van der Waals surface area contributed by atoms with Crippen molar-refractivity contribution in [3.8, 4) is 0 Å². The monoisotopic (exact) mass is 251 g/mol.